The van der Waals surface area contributed by atoms with Gasteiger partial charge in [0, 0.05) is 27.3 Å². The van der Waals surface area contributed by atoms with Gasteiger partial charge in [-0.3, -0.25) is 9.88 Å². The van der Waals surface area contributed by atoms with E-state index in [0.29, 0.717) is 5.92 Å². The van der Waals surface area contributed by atoms with Crippen LogP contribution in [-0.4, -0.2) is 4.57 Å². The Morgan fingerprint density at radius 1 is 0.684 bits per heavy atom. The van der Waals surface area contributed by atoms with Gasteiger partial charge in [-0.2, -0.15) is 0 Å². The van der Waals surface area contributed by atoms with Gasteiger partial charge in [0.25, 0.3) is 0 Å². The standard InChI is InChI=1S/C36H30N2/c1-36(2)29-17-9-7-16-27(29)33-30(36)21-20-26-25-15-8-11-19-32(25)38(34(26)33)35-28(23-12-4-3-5-13-23)22-24-14-6-10-18-31(24)37-35/h3-21,28,35,37H,22H2,1-2H3/p+1. The lowest BCUT2D eigenvalue weighted by Crippen LogP contribution is -2.83. The van der Waals surface area contributed by atoms with Crippen molar-refractivity contribution in [1.29, 1.82) is 0 Å². The van der Waals surface area contributed by atoms with Crippen LogP contribution in [0.2, 0.25) is 0 Å². The molecule has 1 aromatic heterocycles. The van der Waals surface area contributed by atoms with Crippen molar-refractivity contribution in [3.05, 3.63) is 138 Å². The highest BCUT2D eigenvalue weighted by atomic mass is 15.2. The zero-order valence-corrected chi connectivity index (χ0v) is 21.9. The molecule has 2 aliphatic rings. The molecule has 0 radical (unpaired) electrons. The third kappa shape index (κ3) is 2.92. The number of para-hydroxylation sites is 2. The number of fused-ring (bicyclic) bond motifs is 8. The molecule has 2 N–H and O–H groups in total. The quantitative estimate of drug-likeness (QED) is 0.238. The zero-order chi connectivity index (χ0) is 25.4. The van der Waals surface area contributed by atoms with Crippen LogP contribution in [-0.2, 0) is 11.8 Å². The van der Waals surface area contributed by atoms with Crippen LogP contribution in [0.15, 0.2) is 115 Å². The molecule has 0 amide bonds. The van der Waals surface area contributed by atoms with Gasteiger partial charge in [0.05, 0.1) is 17.0 Å². The predicted molar refractivity (Wildman–Crippen MR) is 157 cm³/mol. The predicted octanol–water partition coefficient (Wildman–Crippen LogP) is 7.83. The Balaban J connectivity index is 1.49. The Labute approximate surface area is 223 Å². The van der Waals surface area contributed by atoms with Crippen LogP contribution >= 0.6 is 0 Å². The summed E-state index contributed by atoms with van der Waals surface area (Å²) in [6.07, 6.45) is 1.24. The topological polar surface area (TPSA) is 21.5 Å². The van der Waals surface area contributed by atoms with Crippen LogP contribution < -0.4 is 5.32 Å². The largest absolute Gasteiger partial charge is 0.293 e. The van der Waals surface area contributed by atoms with Crippen molar-refractivity contribution in [2.24, 2.45) is 0 Å². The fourth-order valence-electron chi connectivity index (χ4n) is 7.40. The van der Waals surface area contributed by atoms with E-state index in [9.17, 15) is 0 Å². The Hall–Kier alpha value is -4.14. The number of nitrogens with zero attached hydrogens (tertiary/aromatic N) is 1. The lowest BCUT2D eigenvalue weighted by Gasteiger charge is -2.33. The molecule has 0 spiro atoms. The SMILES string of the molecule is CC1(C)c2ccccc2-c2c1ccc1c3ccccc3n(C3[NH2+]c4ccccc4CC3c3ccccc3)c21. The summed E-state index contributed by atoms with van der Waals surface area (Å²) in [6.45, 7) is 4.76. The number of benzene rings is 5. The Kier molecular flexibility index (Phi) is 4.57. The fraction of sp³-hybridized carbons (Fsp3) is 0.167. The molecule has 1 aliphatic carbocycles. The summed E-state index contributed by atoms with van der Waals surface area (Å²) in [5.41, 5.74) is 12.5. The molecule has 2 unspecified atom stereocenters. The number of quaternary nitrogens is 1. The normalized spacial score (nSPS) is 19.3. The van der Waals surface area contributed by atoms with Crippen LogP contribution in [0.4, 0.5) is 5.69 Å². The van der Waals surface area contributed by atoms with Crippen molar-refractivity contribution < 1.29 is 5.32 Å². The average molecular weight is 492 g/mol. The van der Waals surface area contributed by atoms with Gasteiger partial charge in [-0.1, -0.05) is 117 Å². The summed E-state index contributed by atoms with van der Waals surface area (Å²) in [4.78, 5) is 0. The molecule has 2 nitrogen and oxygen atoms in total. The van der Waals surface area contributed by atoms with E-state index in [2.05, 4.69) is 139 Å². The third-order valence-corrected chi connectivity index (χ3v) is 9.20. The lowest BCUT2D eigenvalue weighted by atomic mass is 9.82. The summed E-state index contributed by atoms with van der Waals surface area (Å²) >= 11 is 0. The number of rotatable bonds is 2. The molecule has 8 rings (SSSR count). The summed E-state index contributed by atoms with van der Waals surface area (Å²) in [5.74, 6) is 0.352. The van der Waals surface area contributed by atoms with Crippen molar-refractivity contribution in [2.45, 2.75) is 37.8 Å². The van der Waals surface area contributed by atoms with Crippen LogP contribution in [0, 0.1) is 0 Å². The van der Waals surface area contributed by atoms with E-state index in [1.165, 1.54) is 60.9 Å². The number of nitrogens with two attached hydrogens (primary N) is 1. The van der Waals surface area contributed by atoms with E-state index in [1.54, 1.807) is 0 Å². The first-order valence-electron chi connectivity index (χ1n) is 13.8. The molecule has 0 fully saturated rings. The summed E-state index contributed by atoms with van der Waals surface area (Å²) < 4.78 is 2.69. The van der Waals surface area contributed by atoms with Gasteiger partial charge in [-0.05, 0) is 40.8 Å². The van der Waals surface area contributed by atoms with E-state index in [1.807, 2.05) is 0 Å². The second-order valence-corrected chi connectivity index (χ2v) is 11.5. The minimum Gasteiger partial charge on any atom is -0.293 e. The van der Waals surface area contributed by atoms with Gasteiger partial charge < -0.3 is 0 Å². The molecule has 0 bridgehead atoms. The first-order valence-corrected chi connectivity index (χ1v) is 13.8. The smallest absolute Gasteiger partial charge is 0.177 e. The van der Waals surface area contributed by atoms with E-state index in [4.69, 9.17) is 0 Å². The molecular formula is C36H31N2+. The highest BCUT2D eigenvalue weighted by molar-refractivity contribution is 6.14. The number of hydrogen-bond donors (Lipinski definition) is 1. The minimum absolute atomic E-state index is 0.0247. The zero-order valence-electron chi connectivity index (χ0n) is 21.9. The van der Waals surface area contributed by atoms with Crippen molar-refractivity contribution in [3.63, 3.8) is 0 Å². The van der Waals surface area contributed by atoms with E-state index < -0.39 is 0 Å². The molecule has 0 saturated carbocycles. The summed E-state index contributed by atoms with van der Waals surface area (Å²) in [5, 5.41) is 5.23. The highest BCUT2D eigenvalue weighted by Crippen LogP contribution is 2.53. The minimum atomic E-state index is -0.0247. The van der Waals surface area contributed by atoms with Gasteiger partial charge in [0.2, 0.25) is 0 Å². The average Bonchev–Trinajstić information content (AvgIpc) is 3.42. The van der Waals surface area contributed by atoms with E-state index in [-0.39, 0.29) is 11.6 Å². The van der Waals surface area contributed by atoms with Gasteiger partial charge >= 0.3 is 0 Å². The van der Waals surface area contributed by atoms with Gasteiger partial charge in [0.15, 0.2) is 6.17 Å². The van der Waals surface area contributed by atoms with E-state index >= 15 is 0 Å². The first kappa shape index (κ1) is 21.9. The van der Waals surface area contributed by atoms with Crippen LogP contribution in [0.5, 0.6) is 0 Å². The molecule has 0 saturated heterocycles. The van der Waals surface area contributed by atoms with E-state index in [0.717, 1.165) is 6.42 Å². The molecule has 184 valence electrons. The van der Waals surface area contributed by atoms with Crippen LogP contribution in [0.1, 0.15) is 48.2 Å². The maximum absolute atomic E-state index is 2.69. The Bertz CT molecular complexity index is 1860. The molecule has 2 heteroatoms. The third-order valence-electron chi connectivity index (χ3n) is 9.20. The second-order valence-electron chi connectivity index (χ2n) is 11.5. The molecule has 5 aromatic carbocycles. The molecule has 2 atom stereocenters. The van der Waals surface area contributed by atoms with Gasteiger partial charge in [-0.15, -0.1) is 0 Å². The highest BCUT2D eigenvalue weighted by Gasteiger charge is 2.40. The van der Waals surface area contributed by atoms with Crippen molar-refractivity contribution in [2.75, 3.05) is 0 Å². The molecule has 6 aromatic rings. The maximum atomic E-state index is 2.69. The van der Waals surface area contributed by atoms with Gasteiger partial charge in [0.1, 0.15) is 5.69 Å². The van der Waals surface area contributed by atoms with Crippen molar-refractivity contribution in [1.82, 2.24) is 4.57 Å². The monoisotopic (exact) mass is 491 g/mol. The second kappa shape index (κ2) is 7.93. The molecular weight excluding hydrogens is 460 g/mol. The molecule has 2 heterocycles. The molecule has 1 aliphatic heterocycles. The fourth-order valence-corrected chi connectivity index (χ4v) is 7.40. The van der Waals surface area contributed by atoms with Gasteiger partial charge in [-0.25, -0.2) is 0 Å². The summed E-state index contributed by atoms with van der Waals surface area (Å²) in [7, 11) is 0. The lowest BCUT2D eigenvalue weighted by molar-refractivity contribution is -0.642. The number of hydrogen-bond acceptors (Lipinski definition) is 0. The molecule has 38 heavy (non-hydrogen) atoms. The van der Waals surface area contributed by atoms with Crippen LogP contribution in [0.25, 0.3) is 32.9 Å². The van der Waals surface area contributed by atoms with Crippen molar-refractivity contribution >= 4 is 27.5 Å². The van der Waals surface area contributed by atoms with Crippen LogP contribution in [0.3, 0.4) is 0 Å². The maximum Gasteiger partial charge on any atom is 0.177 e. The Morgan fingerprint density at radius 2 is 1.42 bits per heavy atom. The first-order chi connectivity index (χ1) is 18.6. The Morgan fingerprint density at radius 3 is 2.32 bits per heavy atom. The summed E-state index contributed by atoms with van der Waals surface area (Å²) in [6, 6.07) is 42.9. The van der Waals surface area contributed by atoms with Crippen molar-refractivity contribution in [3.8, 4) is 11.1 Å². The number of aromatic nitrogens is 1.